The van der Waals surface area contributed by atoms with Gasteiger partial charge in [-0.15, -0.1) is 11.6 Å². The maximum atomic E-state index is 10.7. The molecule has 0 bridgehead atoms. The van der Waals surface area contributed by atoms with E-state index in [-0.39, 0.29) is 11.8 Å². The molecule has 0 aliphatic rings. The van der Waals surface area contributed by atoms with Gasteiger partial charge in [0.25, 0.3) is 0 Å². The van der Waals surface area contributed by atoms with Crippen LogP contribution < -0.4 is 10.6 Å². The Bertz CT molecular complexity index is 172. The van der Waals surface area contributed by atoms with E-state index in [0.29, 0.717) is 19.5 Å². The Morgan fingerprint density at radius 3 is 2.50 bits per heavy atom. The van der Waals surface area contributed by atoms with Crippen molar-refractivity contribution in [2.24, 2.45) is 0 Å². The van der Waals surface area contributed by atoms with Gasteiger partial charge in [-0.25, -0.2) is 0 Å². The van der Waals surface area contributed by atoms with Crippen molar-refractivity contribution in [3.05, 3.63) is 0 Å². The minimum absolute atomic E-state index is 0.0149. The number of rotatable bonds is 9. The topological polar surface area (TPSA) is 58.2 Å². The molecule has 0 aromatic carbocycles. The van der Waals surface area contributed by atoms with Crippen LogP contribution in [0, 0.1) is 0 Å². The largest absolute Gasteiger partial charge is 0.358 e. The van der Waals surface area contributed by atoms with Crippen LogP contribution >= 0.6 is 33.2 Å². The lowest BCUT2D eigenvalue weighted by atomic mass is 10.6. The third-order valence-electron chi connectivity index (χ3n) is 1.13. The molecule has 0 unspecified atom stereocenters. The molecule has 82 valence electrons. The smallest absolute Gasteiger partial charge is 0.234 e. The third kappa shape index (κ3) is 10.0. The Labute approximate surface area is 96.3 Å². The summed E-state index contributed by atoms with van der Waals surface area (Å²) < 4.78 is 0. The van der Waals surface area contributed by atoms with Gasteiger partial charge >= 0.3 is 0 Å². The molecule has 0 radical (unpaired) electrons. The minimum Gasteiger partial charge on any atom is -0.358 e. The Balaban J connectivity index is 2.98. The number of halogens is 1. The maximum absolute atomic E-state index is 10.7. The maximum Gasteiger partial charge on any atom is 0.234 e. The van der Waals surface area contributed by atoms with Gasteiger partial charge in [-0.1, -0.05) is 21.6 Å². The Morgan fingerprint density at radius 1 is 1.29 bits per heavy atom. The number of carbonyl (C=O) groups is 2. The minimum atomic E-state index is -0.139. The molecule has 0 atom stereocenters. The molecule has 0 aromatic rings. The zero-order valence-corrected chi connectivity index (χ0v) is 10.0. The number of hydrogen-bond acceptors (Lipinski definition) is 4. The molecule has 0 aromatic heterocycles. The van der Waals surface area contributed by atoms with Crippen molar-refractivity contribution in [1.82, 2.24) is 10.6 Å². The number of carbonyl (C=O) groups excluding carboxylic acids is 2. The van der Waals surface area contributed by atoms with Crippen molar-refractivity contribution in [1.29, 1.82) is 0 Å². The first-order valence-electron chi connectivity index (χ1n) is 4.05. The quantitative estimate of drug-likeness (QED) is 0.273. The summed E-state index contributed by atoms with van der Waals surface area (Å²) in [6.45, 7) is 1.31. The average Bonchev–Trinajstić information content (AvgIpc) is 2.21. The summed E-state index contributed by atoms with van der Waals surface area (Å²) in [4.78, 5) is 20.5. The molecule has 7 heteroatoms. The molecule has 2 N–H and O–H groups in total. The molecule has 0 spiro atoms. The molecule has 0 fully saturated rings. The van der Waals surface area contributed by atoms with Crippen LogP contribution in [0.4, 0.5) is 0 Å². The number of nitrogens with one attached hydrogen (secondary N) is 2. The lowest BCUT2D eigenvalue weighted by Gasteiger charge is -2.02. The molecular weight excluding hydrogens is 244 g/mol. The third-order valence-corrected chi connectivity index (χ3v) is 3.78. The first-order chi connectivity index (χ1) is 6.81. The summed E-state index contributed by atoms with van der Waals surface area (Å²) >= 11 is 5.28. The van der Waals surface area contributed by atoms with Crippen molar-refractivity contribution < 1.29 is 9.59 Å². The van der Waals surface area contributed by atoms with Crippen LogP contribution in [0.1, 0.15) is 0 Å². The molecule has 0 rings (SSSR count). The molecule has 0 aliphatic carbocycles. The second kappa shape index (κ2) is 11.0. The van der Waals surface area contributed by atoms with Gasteiger partial charge in [0, 0.05) is 24.6 Å². The summed E-state index contributed by atoms with van der Waals surface area (Å²) in [6, 6.07) is 0. The van der Waals surface area contributed by atoms with Crippen LogP contribution in [0.25, 0.3) is 0 Å². The summed E-state index contributed by atoms with van der Waals surface area (Å²) in [5.41, 5.74) is 0. The second-order valence-corrected chi connectivity index (χ2v) is 5.17. The molecule has 4 nitrogen and oxygen atoms in total. The van der Waals surface area contributed by atoms with E-state index in [1.807, 2.05) is 0 Å². The average molecular weight is 257 g/mol. The van der Waals surface area contributed by atoms with Gasteiger partial charge in [-0.3, -0.25) is 9.59 Å². The van der Waals surface area contributed by atoms with E-state index < -0.39 is 0 Å². The van der Waals surface area contributed by atoms with Gasteiger partial charge in [0.15, 0.2) is 0 Å². The molecule has 2 amide bonds. The van der Waals surface area contributed by atoms with Gasteiger partial charge in [0.1, 0.15) is 5.88 Å². The number of hydrogen-bond donors (Lipinski definition) is 2. The predicted molar refractivity (Wildman–Crippen MR) is 62.7 cm³/mol. The standard InChI is InChI=1S/C7H13ClN2O2S2/c8-5-7(12)10-2-4-14-13-3-1-9-6-11/h6H,1-5H2,(H,9,11)(H,10,12). The highest BCUT2D eigenvalue weighted by molar-refractivity contribution is 8.76. The highest BCUT2D eigenvalue weighted by Gasteiger charge is 1.96. The Kier molecular flexibility index (Phi) is 11.0. The van der Waals surface area contributed by atoms with Crippen LogP contribution in [0.3, 0.4) is 0 Å². The first kappa shape index (κ1) is 13.9. The van der Waals surface area contributed by atoms with Gasteiger partial charge in [0.05, 0.1) is 0 Å². The van der Waals surface area contributed by atoms with E-state index in [1.165, 1.54) is 0 Å². The summed E-state index contributed by atoms with van der Waals surface area (Å²) in [5, 5.41) is 5.22. The molecule has 0 saturated carbocycles. The van der Waals surface area contributed by atoms with Crippen LogP contribution in [0.5, 0.6) is 0 Å². The van der Waals surface area contributed by atoms with Gasteiger partial charge in [-0.05, 0) is 0 Å². The summed E-state index contributed by atoms with van der Waals surface area (Å²) in [7, 11) is 3.32. The van der Waals surface area contributed by atoms with Crippen molar-refractivity contribution in [2.75, 3.05) is 30.5 Å². The van der Waals surface area contributed by atoms with Crippen LogP contribution in [-0.4, -0.2) is 42.8 Å². The Hall–Kier alpha value is -0.0700. The molecule has 0 saturated heterocycles. The van der Waals surface area contributed by atoms with Gasteiger partial charge in [-0.2, -0.15) is 0 Å². The predicted octanol–water partition coefficient (Wildman–Crippen LogP) is 0.469. The Morgan fingerprint density at radius 2 is 1.93 bits per heavy atom. The zero-order valence-electron chi connectivity index (χ0n) is 7.62. The number of amides is 2. The highest BCUT2D eigenvalue weighted by atomic mass is 35.5. The fourth-order valence-corrected chi connectivity index (χ4v) is 2.48. The van der Waals surface area contributed by atoms with Crippen molar-refractivity contribution in [2.45, 2.75) is 0 Å². The molecule has 0 heterocycles. The first-order valence-corrected chi connectivity index (χ1v) is 7.07. The lowest BCUT2D eigenvalue weighted by molar-refractivity contribution is -0.118. The highest BCUT2D eigenvalue weighted by Crippen LogP contribution is 2.18. The van der Waals surface area contributed by atoms with Gasteiger partial charge < -0.3 is 10.6 Å². The van der Waals surface area contributed by atoms with Crippen molar-refractivity contribution in [3.63, 3.8) is 0 Å². The van der Waals surface area contributed by atoms with Crippen LogP contribution in [0.2, 0.25) is 0 Å². The lowest BCUT2D eigenvalue weighted by Crippen LogP contribution is -2.26. The van der Waals surface area contributed by atoms with E-state index in [1.54, 1.807) is 21.6 Å². The fraction of sp³-hybridized carbons (Fsp3) is 0.714. The van der Waals surface area contributed by atoms with E-state index in [2.05, 4.69) is 10.6 Å². The molecule has 0 aliphatic heterocycles. The number of alkyl halides is 1. The van der Waals surface area contributed by atoms with Crippen LogP contribution in [-0.2, 0) is 9.59 Å². The van der Waals surface area contributed by atoms with E-state index >= 15 is 0 Å². The fourth-order valence-electron chi connectivity index (χ4n) is 0.557. The van der Waals surface area contributed by atoms with Crippen LogP contribution in [0.15, 0.2) is 0 Å². The monoisotopic (exact) mass is 256 g/mol. The van der Waals surface area contributed by atoms with E-state index in [0.717, 1.165) is 11.5 Å². The summed E-state index contributed by atoms with van der Waals surface area (Å²) in [5.74, 6) is 1.59. The molecular formula is C7H13ClN2O2S2. The van der Waals surface area contributed by atoms with E-state index in [9.17, 15) is 9.59 Å². The zero-order chi connectivity index (χ0) is 10.6. The van der Waals surface area contributed by atoms with E-state index in [4.69, 9.17) is 11.6 Å². The summed E-state index contributed by atoms with van der Waals surface area (Å²) in [6.07, 6.45) is 0.686. The second-order valence-electron chi connectivity index (χ2n) is 2.20. The van der Waals surface area contributed by atoms with Crippen molar-refractivity contribution >= 4 is 45.5 Å². The van der Waals surface area contributed by atoms with Gasteiger partial charge in [0.2, 0.25) is 12.3 Å². The normalized spacial score (nSPS) is 9.50. The van der Waals surface area contributed by atoms with Crippen molar-refractivity contribution in [3.8, 4) is 0 Å². The SMILES string of the molecule is O=CNCCSSCCNC(=O)CCl. The molecule has 14 heavy (non-hydrogen) atoms.